The van der Waals surface area contributed by atoms with Gasteiger partial charge in [0.25, 0.3) is 0 Å². The molecule has 1 aliphatic rings. The first kappa shape index (κ1) is 17.6. The van der Waals surface area contributed by atoms with Crippen LogP contribution in [-0.2, 0) is 15.9 Å². The number of aliphatic hydroxyl groups is 1. The number of benzene rings is 1. The van der Waals surface area contributed by atoms with E-state index >= 15 is 0 Å². The van der Waals surface area contributed by atoms with E-state index < -0.39 is 18.4 Å². The Labute approximate surface area is 146 Å². The number of aromatic amines is 1. The van der Waals surface area contributed by atoms with E-state index in [1.165, 1.54) is 12.7 Å². The highest BCUT2D eigenvalue weighted by Gasteiger charge is 2.31. The molecule has 1 aliphatic heterocycles. The minimum absolute atomic E-state index is 0.502. The van der Waals surface area contributed by atoms with E-state index in [0.717, 1.165) is 36.2 Å². The maximum atomic E-state index is 11.3. The van der Waals surface area contributed by atoms with Gasteiger partial charge in [0.15, 0.2) is 0 Å². The molecule has 0 saturated carbocycles. The second-order valence-corrected chi connectivity index (χ2v) is 6.24. The van der Waals surface area contributed by atoms with Crippen LogP contribution in [0.25, 0.3) is 10.9 Å². The highest BCUT2D eigenvalue weighted by atomic mass is 16.7. The lowest BCUT2D eigenvalue weighted by atomic mass is 10.0. The fourth-order valence-corrected chi connectivity index (χ4v) is 3.23. The number of aliphatic hydroxyl groups excluding tert-OH is 1. The number of carbonyl (C=O) groups excluding carboxylic acids is 1. The van der Waals surface area contributed by atoms with Gasteiger partial charge in [0.1, 0.15) is 11.9 Å². The number of fused-ring (bicyclic) bond motifs is 1. The lowest BCUT2D eigenvalue weighted by Gasteiger charge is -2.35. The summed E-state index contributed by atoms with van der Waals surface area (Å²) < 4.78 is 15.0. The minimum atomic E-state index is -0.755. The molecule has 136 valence electrons. The van der Waals surface area contributed by atoms with Gasteiger partial charge < -0.3 is 24.3 Å². The van der Waals surface area contributed by atoms with E-state index in [4.69, 9.17) is 9.47 Å². The van der Waals surface area contributed by atoms with E-state index in [9.17, 15) is 9.90 Å². The SMILES string of the molecule is COC(=O)O[C@H]1CN(CCc2c[nH]c3ccc(OC)cc23)CC[C@@H]1O. The fraction of sp³-hybridized carbons (Fsp3) is 0.500. The van der Waals surface area contributed by atoms with Crippen molar-refractivity contribution in [2.75, 3.05) is 33.9 Å². The van der Waals surface area contributed by atoms with Crippen LogP contribution >= 0.6 is 0 Å². The molecule has 0 amide bonds. The Bertz CT molecular complexity index is 729. The Morgan fingerprint density at radius 3 is 3.00 bits per heavy atom. The van der Waals surface area contributed by atoms with Gasteiger partial charge in [-0.3, -0.25) is 4.90 Å². The highest BCUT2D eigenvalue weighted by Crippen LogP contribution is 2.24. The standard InChI is InChI=1S/C18H24N2O5/c1-23-13-3-4-15-14(9-13)12(10-19-15)5-7-20-8-6-16(21)17(11-20)25-18(22)24-2/h3-4,9-10,16-17,19,21H,5-8,11H2,1-2H3/t16-,17-/m0/s1. The molecular weight excluding hydrogens is 324 g/mol. The van der Waals surface area contributed by atoms with Crippen molar-refractivity contribution in [3.8, 4) is 5.75 Å². The third-order valence-corrected chi connectivity index (χ3v) is 4.69. The molecule has 0 bridgehead atoms. The molecule has 1 fully saturated rings. The van der Waals surface area contributed by atoms with Crippen LogP contribution in [0.4, 0.5) is 4.79 Å². The quantitative estimate of drug-likeness (QED) is 0.804. The number of nitrogens with zero attached hydrogens (tertiary/aromatic N) is 1. The van der Waals surface area contributed by atoms with E-state index in [2.05, 4.69) is 14.6 Å². The van der Waals surface area contributed by atoms with Crippen molar-refractivity contribution in [1.82, 2.24) is 9.88 Å². The third kappa shape index (κ3) is 4.05. The summed E-state index contributed by atoms with van der Waals surface area (Å²) in [5.41, 5.74) is 2.29. The number of nitrogens with one attached hydrogen (secondary N) is 1. The molecule has 2 aromatic rings. The lowest BCUT2D eigenvalue weighted by Crippen LogP contribution is -2.49. The van der Waals surface area contributed by atoms with Gasteiger partial charge in [-0.1, -0.05) is 0 Å². The number of hydrogen-bond donors (Lipinski definition) is 2. The maximum absolute atomic E-state index is 11.3. The van der Waals surface area contributed by atoms with Crippen molar-refractivity contribution >= 4 is 17.1 Å². The van der Waals surface area contributed by atoms with Gasteiger partial charge in [-0.15, -0.1) is 0 Å². The second kappa shape index (κ2) is 7.76. The zero-order chi connectivity index (χ0) is 17.8. The summed E-state index contributed by atoms with van der Waals surface area (Å²) in [6.07, 6.45) is 1.50. The van der Waals surface area contributed by atoms with Crippen LogP contribution in [0.3, 0.4) is 0 Å². The monoisotopic (exact) mass is 348 g/mol. The summed E-state index contributed by atoms with van der Waals surface area (Å²) in [6.45, 7) is 2.09. The molecular formula is C18H24N2O5. The Morgan fingerprint density at radius 1 is 1.40 bits per heavy atom. The van der Waals surface area contributed by atoms with Crippen molar-refractivity contribution in [2.24, 2.45) is 0 Å². The molecule has 7 heteroatoms. The Morgan fingerprint density at radius 2 is 2.24 bits per heavy atom. The van der Waals surface area contributed by atoms with E-state index in [0.29, 0.717) is 13.0 Å². The maximum Gasteiger partial charge on any atom is 0.508 e. The summed E-state index contributed by atoms with van der Waals surface area (Å²) in [5.74, 6) is 0.834. The topological polar surface area (TPSA) is 84.0 Å². The third-order valence-electron chi connectivity index (χ3n) is 4.69. The number of rotatable bonds is 5. The van der Waals surface area contributed by atoms with Crippen molar-refractivity contribution in [1.29, 1.82) is 0 Å². The summed E-state index contributed by atoms with van der Waals surface area (Å²) in [7, 11) is 2.93. The molecule has 2 heterocycles. The van der Waals surface area contributed by atoms with Crippen molar-refractivity contribution in [2.45, 2.75) is 25.0 Å². The zero-order valence-electron chi connectivity index (χ0n) is 14.5. The molecule has 1 aromatic carbocycles. The fourth-order valence-electron chi connectivity index (χ4n) is 3.23. The van der Waals surface area contributed by atoms with Crippen LogP contribution in [0.15, 0.2) is 24.4 Å². The van der Waals surface area contributed by atoms with Gasteiger partial charge in [0, 0.05) is 36.7 Å². The highest BCUT2D eigenvalue weighted by molar-refractivity contribution is 5.84. The summed E-state index contributed by atoms with van der Waals surface area (Å²) in [6, 6.07) is 5.98. The van der Waals surface area contributed by atoms with Crippen LogP contribution in [-0.4, -0.2) is 67.2 Å². The van der Waals surface area contributed by atoms with Gasteiger partial charge in [0.05, 0.1) is 20.3 Å². The predicted molar refractivity (Wildman–Crippen MR) is 92.9 cm³/mol. The van der Waals surface area contributed by atoms with Gasteiger partial charge in [-0.05, 0) is 36.6 Å². The van der Waals surface area contributed by atoms with Gasteiger partial charge in [0.2, 0.25) is 0 Å². The molecule has 25 heavy (non-hydrogen) atoms. The molecule has 1 aromatic heterocycles. The smallest absolute Gasteiger partial charge is 0.497 e. The first-order valence-electron chi connectivity index (χ1n) is 8.39. The molecule has 2 N–H and O–H groups in total. The molecule has 0 unspecified atom stereocenters. The van der Waals surface area contributed by atoms with E-state index in [1.54, 1.807) is 7.11 Å². The first-order chi connectivity index (χ1) is 12.1. The van der Waals surface area contributed by atoms with Crippen LogP contribution < -0.4 is 4.74 Å². The molecule has 3 rings (SSSR count). The first-order valence-corrected chi connectivity index (χ1v) is 8.39. The molecule has 0 spiro atoms. The number of H-pyrrole nitrogens is 1. The Kier molecular flexibility index (Phi) is 5.45. The number of hydrogen-bond acceptors (Lipinski definition) is 6. The van der Waals surface area contributed by atoms with E-state index in [1.807, 2.05) is 24.4 Å². The number of piperidine rings is 1. The Hall–Kier alpha value is -2.25. The minimum Gasteiger partial charge on any atom is -0.497 e. The van der Waals surface area contributed by atoms with E-state index in [-0.39, 0.29) is 0 Å². The second-order valence-electron chi connectivity index (χ2n) is 6.24. The normalized spacial score (nSPS) is 21.2. The molecule has 0 radical (unpaired) electrons. The van der Waals surface area contributed by atoms with Gasteiger partial charge >= 0.3 is 6.16 Å². The van der Waals surface area contributed by atoms with Gasteiger partial charge in [-0.25, -0.2) is 4.79 Å². The number of aromatic nitrogens is 1. The summed E-state index contributed by atoms with van der Waals surface area (Å²) in [5, 5.41) is 11.2. The Balaban J connectivity index is 1.62. The van der Waals surface area contributed by atoms with Gasteiger partial charge in [-0.2, -0.15) is 0 Å². The number of carbonyl (C=O) groups is 1. The van der Waals surface area contributed by atoms with Crippen LogP contribution in [0.5, 0.6) is 5.75 Å². The number of likely N-dealkylation sites (tertiary alicyclic amines) is 1. The lowest BCUT2D eigenvalue weighted by molar-refractivity contribution is -0.0639. The predicted octanol–water partition coefficient (Wildman–Crippen LogP) is 1.94. The average molecular weight is 348 g/mol. The largest absolute Gasteiger partial charge is 0.508 e. The zero-order valence-corrected chi connectivity index (χ0v) is 14.5. The summed E-state index contributed by atoms with van der Waals surface area (Å²) in [4.78, 5) is 16.8. The average Bonchev–Trinajstić information content (AvgIpc) is 3.04. The molecule has 2 atom stereocenters. The molecule has 0 aliphatic carbocycles. The van der Waals surface area contributed by atoms with Crippen LogP contribution in [0, 0.1) is 0 Å². The summed E-state index contributed by atoms with van der Waals surface area (Å²) >= 11 is 0. The van der Waals surface area contributed by atoms with Crippen molar-refractivity contribution in [3.63, 3.8) is 0 Å². The number of methoxy groups -OCH3 is 2. The van der Waals surface area contributed by atoms with Crippen LogP contribution in [0.2, 0.25) is 0 Å². The number of ether oxygens (including phenoxy) is 3. The van der Waals surface area contributed by atoms with Crippen molar-refractivity contribution < 1.29 is 24.1 Å². The molecule has 1 saturated heterocycles. The molecule has 7 nitrogen and oxygen atoms in total. The van der Waals surface area contributed by atoms with Crippen molar-refractivity contribution in [3.05, 3.63) is 30.0 Å². The van der Waals surface area contributed by atoms with Crippen LogP contribution in [0.1, 0.15) is 12.0 Å².